The molecule has 0 aliphatic heterocycles. The van der Waals surface area contributed by atoms with Gasteiger partial charge in [0.2, 0.25) is 0 Å². The first-order valence-corrected chi connectivity index (χ1v) is 5.83. The van der Waals surface area contributed by atoms with Gasteiger partial charge < -0.3 is 14.6 Å². The summed E-state index contributed by atoms with van der Waals surface area (Å²) >= 11 is 0. The summed E-state index contributed by atoms with van der Waals surface area (Å²) < 4.78 is 4.58. The molecule has 0 radical (unpaired) electrons. The van der Waals surface area contributed by atoms with Gasteiger partial charge in [-0.2, -0.15) is 0 Å². The predicted octanol–water partition coefficient (Wildman–Crippen LogP) is 1.58. The Morgan fingerprint density at radius 3 is 2.42 bits per heavy atom. The summed E-state index contributed by atoms with van der Waals surface area (Å²) in [6, 6.07) is 9.19. The Balaban J connectivity index is 0.000000362. The number of hydrogen-bond acceptors (Lipinski definition) is 4. The van der Waals surface area contributed by atoms with Crippen LogP contribution in [0.15, 0.2) is 49.1 Å². The Bertz CT molecular complexity index is 421. The number of carbonyl (C=O) groups excluding carboxylic acids is 2. The quantitative estimate of drug-likeness (QED) is 0.596. The Labute approximate surface area is 113 Å². The zero-order valence-electron chi connectivity index (χ0n) is 10.9. The number of hydrogen-bond donors (Lipinski definition) is 0. The third kappa shape index (κ3) is 10.5. The van der Waals surface area contributed by atoms with Crippen molar-refractivity contribution in [2.45, 2.75) is 13.3 Å². The summed E-state index contributed by atoms with van der Waals surface area (Å²) in [5, 5.41) is 9.97. The van der Waals surface area contributed by atoms with Crippen molar-refractivity contribution in [3.63, 3.8) is 0 Å². The van der Waals surface area contributed by atoms with Gasteiger partial charge in [-0.15, -0.1) is 0 Å². The number of carboxylic acid groups (broad SMARTS) is 1. The van der Waals surface area contributed by atoms with Gasteiger partial charge in [-0.3, -0.25) is 0 Å². The highest BCUT2D eigenvalue weighted by atomic mass is 16.5. The van der Waals surface area contributed by atoms with Gasteiger partial charge in [0, 0.05) is 6.08 Å². The molecule has 19 heavy (non-hydrogen) atoms. The maximum absolute atomic E-state index is 10.2. The van der Waals surface area contributed by atoms with Gasteiger partial charge in [-0.05, 0) is 18.1 Å². The SMILES string of the molecule is C=CC(=O)OCCC.O=C([O-])C=Cc1ccccc1. The van der Waals surface area contributed by atoms with Crippen LogP contribution in [0.5, 0.6) is 0 Å². The third-order valence-electron chi connectivity index (χ3n) is 1.83. The first-order valence-electron chi connectivity index (χ1n) is 5.83. The zero-order chi connectivity index (χ0) is 14.5. The number of benzene rings is 1. The van der Waals surface area contributed by atoms with E-state index in [1.165, 1.54) is 6.08 Å². The average Bonchev–Trinajstić information content (AvgIpc) is 2.44. The third-order valence-corrected chi connectivity index (χ3v) is 1.83. The van der Waals surface area contributed by atoms with Crippen molar-refractivity contribution in [3.05, 3.63) is 54.6 Å². The highest BCUT2D eigenvalue weighted by molar-refractivity contribution is 5.83. The van der Waals surface area contributed by atoms with Gasteiger partial charge in [0.15, 0.2) is 0 Å². The van der Waals surface area contributed by atoms with Gasteiger partial charge in [0.1, 0.15) is 0 Å². The van der Waals surface area contributed by atoms with E-state index in [1.807, 2.05) is 37.3 Å². The number of ether oxygens (including phenoxy) is 1. The molecule has 0 unspecified atom stereocenters. The molecule has 4 nitrogen and oxygen atoms in total. The van der Waals surface area contributed by atoms with Crippen LogP contribution >= 0.6 is 0 Å². The second kappa shape index (κ2) is 10.8. The van der Waals surface area contributed by atoms with Crippen LogP contribution in [0.25, 0.3) is 6.08 Å². The fourth-order valence-corrected chi connectivity index (χ4v) is 0.990. The van der Waals surface area contributed by atoms with Crippen LogP contribution < -0.4 is 5.11 Å². The molecule has 1 aromatic carbocycles. The molecular formula is C15H17O4-. The molecule has 1 rings (SSSR count). The maximum atomic E-state index is 10.2. The van der Waals surface area contributed by atoms with Crippen molar-refractivity contribution in [2.75, 3.05) is 6.61 Å². The van der Waals surface area contributed by atoms with E-state index < -0.39 is 5.97 Å². The second-order valence-corrected chi connectivity index (χ2v) is 3.43. The number of carbonyl (C=O) groups is 2. The molecule has 1 aromatic rings. The van der Waals surface area contributed by atoms with Crippen molar-refractivity contribution in [3.8, 4) is 0 Å². The molecule has 0 bridgehead atoms. The Hall–Kier alpha value is -2.36. The summed E-state index contributed by atoms with van der Waals surface area (Å²) in [6.07, 6.45) is 4.53. The lowest BCUT2D eigenvalue weighted by atomic mass is 10.2. The highest BCUT2D eigenvalue weighted by Crippen LogP contribution is 1.99. The molecule has 0 N–H and O–H groups in total. The van der Waals surface area contributed by atoms with Crippen molar-refractivity contribution < 1.29 is 19.4 Å². The van der Waals surface area contributed by atoms with E-state index in [9.17, 15) is 14.7 Å². The number of carboxylic acids is 1. The minimum atomic E-state index is -1.17. The molecule has 0 saturated carbocycles. The Morgan fingerprint density at radius 2 is 1.95 bits per heavy atom. The van der Waals surface area contributed by atoms with Crippen LogP contribution in [0.2, 0.25) is 0 Å². The first-order chi connectivity index (χ1) is 9.10. The maximum Gasteiger partial charge on any atom is 0.330 e. The summed E-state index contributed by atoms with van der Waals surface area (Å²) in [5.74, 6) is -1.51. The van der Waals surface area contributed by atoms with Gasteiger partial charge in [-0.1, -0.05) is 49.9 Å². The van der Waals surface area contributed by atoms with Gasteiger partial charge in [0.05, 0.1) is 12.6 Å². The molecule has 0 spiro atoms. The van der Waals surface area contributed by atoms with Crippen LogP contribution in [0.4, 0.5) is 0 Å². The van der Waals surface area contributed by atoms with Crippen LogP contribution in [0.3, 0.4) is 0 Å². The van der Waals surface area contributed by atoms with Crippen molar-refractivity contribution in [1.82, 2.24) is 0 Å². The monoisotopic (exact) mass is 261 g/mol. The van der Waals surface area contributed by atoms with Crippen LogP contribution in [-0.4, -0.2) is 18.5 Å². The van der Waals surface area contributed by atoms with E-state index in [1.54, 1.807) is 0 Å². The minimum absolute atomic E-state index is 0.341. The average molecular weight is 261 g/mol. The summed E-state index contributed by atoms with van der Waals surface area (Å²) in [6.45, 7) is 5.67. The Morgan fingerprint density at radius 1 is 1.32 bits per heavy atom. The van der Waals surface area contributed by atoms with E-state index >= 15 is 0 Å². The Kier molecular flexibility index (Phi) is 9.43. The van der Waals surface area contributed by atoms with Crippen molar-refractivity contribution >= 4 is 18.0 Å². The predicted molar refractivity (Wildman–Crippen MR) is 71.9 cm³/mol. The standard InChI is InChI=1S/C9H8O2.C6H10O2/c10-9(11)7-6-8-4-2-1-3-5-8;1-3-5-8-6(7)4-2/h1-7H,(H,10,11);4H,2-3,5H2,1H3/p-1. The van der Waals surface area contributed by atoms with Crippen LogP contribution in [-0.2, 0) is 14.3 Å². The van der Waals surface area contributed by atoms with E-state index in [4.69, 9.17) is 0 Å². The van der Waals surface area contributed by atoms with Crippen LogP contribution in [0.1, 0.15) is 18.9 Å². The zero-order valence-corrected chi connectivity index (χ0v) is 10.9. The summed E-state index contributed by atoms with van der Waals surface area (Å²) in [4.78, 5) is 20.2. The molecular weight excluding hydrogens is 244 g/mol. The smallest absolute Gasteiger partial charge is 0.330 e. The number of esters is 1. The largest absolute Gasteiger partial charge is 0.545 e. The van der Waals surface area contributed by atoms with Gasteiger partial charge in [-0.25, -0.2) is 4.79 Å². The first kappa shape index (κ1) is 16.6. The van der Waals surface area contributed by atoms with E-state index in [-0.39, 0.29) is 5.97 Å². The number of rotatable bonds is 5. The minimum Gasteiger partial charge on any atom is -0.545 e. The fraction of sp³-hybridized carbons (Fsp3) is 0.200. The molecule has 0 fully saturated rings. The molecule has 0 aliphatic rings. The van der Waals surface area contributed by atoms with E-state index in [0.717, 1.165) is 24.1 Å². The van der Waals surface area contributed by atoms with Gasteiger partial charge in [0.25, 0.3) is 0 Å². The van der Waals surface area contributed by atoms with Gasteiger partial charge >= 0.3 is 5.97 Å². The molecule has 0 atom stereocenters. The lowest BCUT2D eigenvalue weighted by Crippen LogP contribution is -2.18. The van der Waals surface area contributed by atoms with Crippen molar-refractivity contribution in [2.24, 2.45) is 0 Å². The molecule has 0 aliphatic carbocycles. The number of aliphatic carboxylic acids is 1. The lowest BCUT2D eigenvalue weighted by Gasteiger charge is -1.94. The molecule has 4 heteroatoms. The molecule has 0 heterocycles. The molecule has 0 aromatic heterocycles. The second-order valence-electron chi connectivity index (χ2n) is 3.43. The molecule has 102 valence electrons. The summed E-state index contributed by atoms with van der Waals surface area (Å²) in [5.41, 5.74) is 0.858. The normalized spacial score (nSPS) is 9.32. The van der Waals surface area contributed by atoms with Crippen LogP contribution in [0, 0.1) is 0 Å². The van der Waals surface area contributed by atoms with E-state index in [0.29, 0.717) is 6.61 Å². The van der Waals surface area contributed by atoms with Crippen molar-refractivity contribution in [1.29, 1.82) is 0 Å². The van der Waals surface area contributed by atoms with E-state index in [2.05, 4.69) is 11.3 Å². The summed E-state index contributed by atoms with van der Waals surface area (Å²) in [7, 11) is 0. The fourth-order valence-electron chi connectivity index (χ4n) is 0.990. The lowest BCUT2D eigenvalue weighted by molar-refractivity contribution is -0.297. The molecule has 0 amide bonds. The topological polar surface area (TPSA) is 66.4 Å². The highest BCUT2D eigenvalue weighted by Gasteiger charge is 1.89. The molecule has 0 saturated heterocycles.